The molecule has 4 rings (SSSR count). The average Bonchev–Trinajstić information content (AvgIpc) is 3.33. The maximum atomic E-state index is 13.8. The minimum atomic E-state index is -0.891. The Morgan fingerprint density at radius 2 is 1.81 bits per heavy atom. The van der Waals surface area contributed by atoms with E-state index >= 15 is 0 Å². The molecule has 3 atom stereocenters. The molecule has 0 spiro atoms. The van der Waals surface area contributed by atoms with E-state index in [1.165, 1.54) is 42.0 Å². The van der Waals surface area contributed by atoms with Crippen molar-refractivity contribution in [1.29, 1.82) is 0 Å². The second-order valence-corrected chi connectivity index (χ2v) is 12.8. The van der Waals surface area contributed by atoms with Crippen molar-refractivity contribution in [2.24, 2.45) is 11.8 Å². The van der Waals surface area contributed by atoms with Crippen LogP contribution in [0.25, 0.3) is 11.0 Å². The summed E-state index contributed by atoms with van der Waals surface area (Å²) in [6, 6.07) is 9.45. The van der Waals surface area contributed by atoms with E-state index in [1.807, 2.05) is 6.07 Å². The summed E-state index contributed by atoms with van der Waals surface area (Å²) in [5.74, 6) is 0.855. The first-order valence-electron chi connectivity index (χ1n) is 15.9. The van der Waals surface area contributed by atoms with Gasteiger partial charge in [-0.05, 0) is 124 Å². The molecule has 6 nitrogen and oxygen atoms in total. The molecule has 1 aromatic heterocycles. The number of aromatic amines is 1. The van der Waals surface area contributed by atoms with Gasteiger partial charge < -0.3 is 19.7 Å². The fourth-order valence-electron chi connectivity index (χ4n) is 6.59. The number of imidazole rings is 1. The van der Waals surface area contributed by atoms with Crippen molar-refractivity contribution in [2.75, 3.05) is 26.7 Å². The zero-order chi connectivity index (χ0) is 30.2. The number of nitrogens with one attached hydrogen (secondary N) is 1. The fraction of sp³-hybridized carbons (Fsp3) is 0.600. The lowest BCUT2D eigenvalue weighted by Gasteiger charge is -2.36. The van der Waals surface area contributed by atoms with Gasteiger partial charge in [0.15, 0.2) is 6.10 Å². The molecule has 0 aliphatic heterocycles. The highest BCUT2D eigenvalue weighted by molar-refractivity contribution is 5.85. The zero-order valence-corrected chi connectivity index (χ0v) is 27.4. The summed E-state index contributed by atoms with van der Waals surface area (Å²) in [6.07, 6.45) is 8.14. The number of carboxylic acids is 1. The molecule has 1 unspecified atom stereocenters. The molecule has 0 amide bonds. The lowest BCUT2D eigenvalue weighted by molar-refractivity contribution is -0.152. The predicted molar refractivity (Wildman–Crippen MR) is 175 cm³/mol. The van der Waals surface area contributed by atoms with Crippen LogP contribution in [-0.4, -0.2) is 58.8 Å². The lowest BCUT2D eigenvalue weighted by atomic mass is 9.70. The van der Waals surface area contributed by atoms with Crippen molar-refractivity contribution in [1.82, 2.24) is 14.9 Å². The lowest BCUT2D eigenvalue weighted by Crippen LogP contribution is -2.34. The average molecular weight is 616 g/mol. The quantitative estimate of drug-likeness (QED) is 0.160. The third-order valence-electron chi connectivity index (χ3n) is 9.13. The van der Waals surface area contributed by atoms with Crippen molar-refractivity contribution in [2.45, 2.75) is 97.5 Å². The van der Waals surface area contributed by atoms with Gasteiger partial charge in [-0.2, -0.15) is 0 Å². The van der Waals surface area contributed by atoms with Crippen molar-refractivity contribution in [3.8, 4) is 0 Å². The highest BCUT2D eigenvalue weighted by Crippen LogP contribution is 2.41. The Morgan fingerprint density at radius 1 is 1.09 bits per heavy atom. The fourth-order valence-corrected chi connectivity index (χ4v) is 6.59. The number of aromatic nitrogens is 2. The Hall–Kier alpha value is -2.48. The molecular formula is C35H51ClFN3O3. The number of aryl methyl sites for hydroxylation is 4. The molecule has 3 aromatic rings. The summed E-state index contributed by atoms with van der Waals surface area (Å²) >= 11 is 0. The summed E-state index contributed by atoms with van der Waals surface area (Å²) in [5.41, 5.74) is 7.03. The number of nitrogens with zero attached hydrogens (tertiary/aromatic N) is 2. The number of hydrogen-bond acceptors (Lipinski definition) is 4. The molecule has 1 heterocycles. The van der Waals surface area contributed by atoms with E-state index in [4.69, 9.17) is 9.72 Å². The van der Waals surface area contributed by atoms with Gasteiger partial charge in [0.25, 0.3) is 0 Å². The number of aliphatic carboxylic acids is 1. The molecule has 0 bridgehead atoms. The van der Waals surface area contributed by atoms with Crippen LogP contribution in [0.5, 0.6) is 0 Å². The first-order chi connectivity index (χ1) is 20.1. The van der Waals surface area contributed by atoms with Gasteiger partial charge in [0.2, 0.25) is 0 Å². The van der Waals surface area contributed by atoms with Crippen LogP contribution < -0.4 is 0 Å². The van der Waals surface area contributed by atoms with E-state index in [-0.39, 0.29) is 30.1 Å². The number of ether oxygens (including phenoxy) is 1. The van der Waals surface area contributed by atoms with Gasteiger partial charge in [0.05, 0.1) is 17.6 Å². The Kier molecular flexibility index (Phi) is 13.5. The second-order valence-electron chi connectivity index (χ2n) is 12.8. The molecule has 0 radical (unpaired) electrons. The summed E-state index contributed by atoms with van der Waals surface area (Å²) in [4.78, 5) is 22.4. The molecular weight excluding hydrogens is 565 g/mol. The maximum Gasteiger partial charge on any atom is 0.332 e. The van der Waals surface area contributed by atoms with Crippen molar-refractivity contribution < 1.29 is 19.0 Å². The monoisotopic (exact) mass is 615 g/mol. The number of hydrogen-bond donors (Lipinski definition) is 2. The summed E-state index contributed by atoms with van der Waals surface area (Å²) in [6.45, 7) is 10.7. The summed E-state index contributed by atoms with van der Waals surface area (Å²) in [5, 5.41) is 9.83. The van der Waals surface area contributed by atoms with E-state index in [0.717, 1.165) is 61.1 Å². The molecule has 238 valence electrons. The first-order valence-corrected chi connectivity index (χ1v) is 15.9. The Bertz CT molecular complexity index is 1290. The third-order valence-corrected chi connectivity index (χ3v) is 9.13. The van der Waals surface area contributed by atoms with Crippen molar-refractivity contribution in [3.63, 3.8) is 0 Å². The number of halogens is 2. The molecule has 43 heavy (non-hydrogen) atoms. The van der Waals surface area contributed by atoms with Gasteiger partial charge in [-0.25, -0.2) is 14.2 Å². The number of H-pyrrole nitrogens is 1. The standard InChI is InChI=1S/C35H50FN3O3.ClH/c1-23(2)34-27(13-12-26-21-28(36)14-15-29(26)34)22-42-32(35(40)41)16-18-39(5)17-10-8-6-7-9-11-33-37-30-19-24(3)25(4)20-31(30)38-33;/h14-15,19-21,23,27,32,34H,6-13,16-18,22H2,1-5H3,(H,37,38)(H,40,41);1H/t27?,32-,34-;/m0./s1. The number of fused-ring (bicyclic) bond motifs is 2. The van der Waals surface area contributed by atoms with E-state index in [1.54, 1.807) is 6.07 Å². The molecule has 8 heteroatoms. The van der Waals surface area contributed by atoms with Crippen LogP contribution in [-0.2, 0) is 22.4 Å². The Morgan fingerprint density at radius 3 is 2.56 bits per heavy atom. The van der Waals surface area contributed by atoms with Crippen LogP contribution >= 0.6 is 12.4 Å². The van der Waals surface area contributed by atoms with Gasteiger partial charge in [-0.1, -0.05) is 39.2 Å². The van der Waals surface area contributed by atoms with Crippen LogP contribution in [0.2, 0.25) is 0 Å². The number of carboxylic acid groups (broad SMARTS) is 1. The number of unbranched alkanes of at least 4 members (excludes halogenated alkanes) is 4. The molecule has 0 saturated carbocycles. The molecule has 0 fully saturated rings. The molecule has 2 aromatic carbocycles. The minimum absolute atomic E-state index is 0. The molecule has 1 aliphatic rings. The molecule has 1 aliphatic carbocycles. The molecule has 2 N–H and O–H groups in total. The van der Waals surface area contributed by atoms with Crippen LogP contribution in [0.15, 0.2) is 30.3 Å². The van der Waals surface area contributed by atoms with Gasteiger partial charge in [-0.15, -0.1) is 12.4 Å². The summed E-state index contributed by atoms with van der Waals surface area (Å²) in [7, 11) is 2.07. The van der Waals surface area contributed by atoms with Crippen LogP contribution in [0.4, 0.5) is 4.39 Å². The zero-order valence-electron chi connectivity index (χ0n) is 26.6. The van der Waals surface area contributed by atoms with Gasteiger partial charge in [-0.3, -0.25) is 0 Å². The normalized spacial score (nSPS) is 17.3. The van der Waals surface area contributed by atoms with E-state index < -0.39 is 12.1 Å². The highest BCUT2D eigenvalue weighted by atomic mass is 35.5. The first kappa shape index (κ1) is 35.0. The largest absolute Gasteiger partial charge is 0.479 e. The topological polar surface area (TPSA) is 78.5 Å². The second kappa shape index (κ2) is 16.6. The minimum Gasteiger partial charge on any atom is -0.479 e. The van der Waals surface area contributed by atoms with Crippen LogP contribution in [0.1, 0.15) is 92.8 Å². The predicted octanol–water partition coefficient (Wildman–Crippen LogP) is 8.03. The van der Waals surface area contributed by atoms with Crippen LogP contribution in [0.3, 0.4) is 0 Å². The Labute approximate surface area is 263 Å². The van der Waals surface area contributed by atoms with E-state index in [9.17, 15) is 14.3 Å². The van der Waals surface area contributed by atoms with Crippen molar-refractivity contribution >= 4 is 29.4 Å². The number of benzene rings is 2. The number of rotatable bonds is 16. The third kappa shape index (κ3) is 9.75. The van der Waals surface area contributed by atoms with Gasteiger partial charge in [0.1, 0.15) is 11.6 Å². The SMILES string of the molecule is Cc1cc2nc(CCCCCCCN(C)CC[C@H](OCC3CCc4cc(F)ccc4[C@H]3C(C)C)C(=O)O)[nH]c2cc1C.Cl. The van der Waals surface area contributed by atoms with E-state index in [0.29, 0.717) is 25.5 Å². The van der Waals surface area contributed by atoms with E-state index in [2.05, 4.69) is 56.8 Å². The van der Waals surface area contributed by atoms with Gasteiger partial charge >= 0.3 is 5.97 Å². The van der Waals surface area contributed by atoms with Crippen LogP contribution in [0, 0.1) is 31.5 Å². The smallest absolute Gasteiger partial charge is 0.332 e. The Balaban J connectivity index is 0.00000506. The highest BCUT2D eigenvalue weighted by Gasteiger charge is 2.33. The number of carbonyl (C=O) groups is 1. The molecule has 0 saturated heterocycles. The summed E-state index contributed by atoms with van der Waals surface area (Å²) < 4.78 is 19.8. The maximum absolute atomic E-state index is 13.8. The van der Waals surface area contributed by atoms with Crippen molar-refractivity contribution in [3.05, 3.63) is 64.2 Å². The van der Waals surface area contributed by atoms with Gasteiger partial charge in [0, 0.05) is 13.0 Å².